The van der Waals surface area contributed by atoms with Crippen LogP contribution in [0.5, 0.6) is 0 Å². The fraction of sp³-hybridized carbons (Fsp3) is 0.545. The zero-order valence-electron chi connectivity index (χ0n) is 18.9. The molecule has 1 aromatic rings. The molecule has 0 bridgehead atoms. The Kier molecular flexibility index (Phi) is 9.98. The zero-order valence-corrected chi connectivity index (χ0v) is 18.9. The van der Waals surface area contributed by atoms with Gasteiger partial charge in [-0.25, -0.2) is 9.59 Å². The molecule has 1 rings (SSSR count). The zero-order chi connectivity index (χ0) is 23.6. The van der Waals surface area contributed by atoms with Crippen LogP contribution < -0.4 is 5.32 Å². The van der Waals surface area contributed by atoms with E-state index >= 15 is 0 Å². The van der Waals surface area contributed by atoms with Crippen molar-refractivity contribution in [3.05, 3.63) is 35.4 Å². The Balaban J connectivity index is 3.01. The molecular formula is C22H31NO8. The summed E-state index contributed by atoms with van der Waals surface area (Å²) in [7, 11) is 1.22. The van der Waals surface area contributed by atoms with E-state index in [1.165, 1.54) is 7.11 Å². The summed E-state index contributed by atoms with van der Waals surface area (Å²) in [6.07, 6.45) is -0.625. The van der Waals surface area contributed by atoms with Gasteiger partial charge in [0.25, 0.3) is 0 Å². The second-order valence-corrected chi connectivity index (χ2v) is 7.60. The van der Waals surface area contributed by atoms with Crippen LogP contribution in [-0.2, 0) is 39.8 Å². The molecule has 0 aliphatic carbocycles. The van der Waals surface area contributed by atoms with Gasteiger partial charge in [0.05, 0.1) is 20.3 Å². The van der Waals surface area contributed by atoms with E-state index in [9.17, 15) is 19.2 Å². The van der Waals surface area contributed by atoms with Gasteiger partial charge < -0.3 is 24.3 Å². The van der Waals surface area contributed by atoms with Crippen LogP contribution in [0.2, 0.25) is 0 Å². The smallest absolute Gasteiger partial charge is 0.408 e. The van der Waals surface area contributed by atoms with E-state index in [2.05, 4.69) is 5.32 Å². The van der Waals surface area contributed by atoms with Crippen LogP contribution in [0.1, 0.15) is 51.7 Å². The highest BCUT2D eigenvalue weighted by atomic mass is 16.6. The molecule has 0 saturated carbocycles. The monoisotopic (exact) mass is 437 g/mol. The van der Waals surface area contributed by atoms with Gasteiger partial charge in [0.2, 0.25) is 0 Å². The summed E-state index contributed by atoms with van der Waals surface area (Å²) in [5.41, 5.74) is 0.346. The van der Waals surface area contributed by atoms with Crippen molar-refractivity contribution >= 4 is 24.0 Å². The molecular weight excluding hydrogens is 406 g/mol. The number of amides is 1. The second-order valence-electron chi connectivity index (χ2n) is 7.60. The summed E-state index contributed by atoms with van der Waals surface area (Å²) >= 11 is 0. The van der Waals surface area contributed by atoms with Crippen LogP contribution in [0.15, 0.2) is 24.3 Å². The van der Waals surface area contributed by atoms with Crippen molar-refractivity contribution in [3.63, 3.8) is 0 Å². The van der Waals surface area contributed by atoms with Gasteiger partial charge in [-0.05, 0) is 45.7 Å². The summed E-state index contributed by atoms with van der Waals surface area (Å²) in [5, 5.41) is 2.50. The Labute approximate surface area is 182 Å². The van der Waals surface area contributed by atoms with Gasteiger partial charge in [0.15, 0.2) is 5.92 Å². The van der Waals surface area contributed by atoms with Gasteiger partial charge in [-0.1, -0.05) is 24.3 Å². The van der Waals surface area contributed by atoms with Crippen LogP contribution in [0.3, 0.4) is 0 Å². The van der Waals surface area contributed by atoms with E-state index in [-0.39, 0.29) is 19.6 Å². The van der Waals surface area contributed by atoms with Crippen molar-refractivity contribution in [2.45, 2.75) is 58.6 Å². The van der Waals surface area contributed by atoms with Gasteiger partial charge in [-0.3, -0.25) is 9.59 Å². The lowest BCUT2D eigenvalue weighted by atomic mass is 9.96. The van der Waals surface area contributed by atoms with Crippen molar-refractivity contribution in [1.29, 1.82) is 0 Å². The molecule has 1 amide bonds. The average Bonchev–Trinajstić information content (AvgIpc) is 2.67. The van der Waals surface area contributed by atoms with Crippen molar-refractivity contribution < 1.29 is 38.1 Å². The van der Waals surface area contributed by atoms with E-state index in [4.69, 9.17) is 18.9 Å². The summed E-state index contributed by atoms with van der Waals surface area (Å²) in [6.45, 7) is 8.68. The van der Waals surface area contributed by atoms with E-state index < -0.39 is 41.6 Å². The lowest BCUT2D eigenvalue weighted by Crippen LogP contribution is -2.45. The van der Waals surface area contributed by atoms with Crippen LogP contribution >= 0.6 is 0 Å². The van der Waals surface area contributed by atoms with Crippen LogP contribution in [0, 0.1) is 0 Å². The molecule has 1 aromatic carbocycles. The molecule has 9 heteroatoms. The lowest BCUT2D eigenvalue weighted by molar-refractivity contribution is -0.157. The molecule has 1 N–H and O–H groups in total. The van der Waals surface area contributed by atoms with Crippen molar-refractivity contribution in [2.75, 3.05) is 20.3 Å². The molecule has 0 radical (unpaired) electrons. The number of alkyl carbamates (subject to hydrolysis) is 1. The molecule has 172 valence electrons. The van der Waals surface area contributed by atoms with Gasteiger partial charge >= 0.3 is 24.0 Å². The molecule has 0 aliphatic heterocycles. The lowest BCUT2D eigenvalue weighted by Gasteiger charge is -2.22. The molecule has 0 unspecified atom stereocenters. The Hall–Kier alpha value is -3.10. The van der Waals surface area contributed by atoms with Gasteiger partial charge in [0, 0.05) is 6.42 Å². The van der Waals surface area contributed by atoms with Crippen LogP contribution in [-0.4, -0.2) is 56.0 Å². The van der Waals surface area contributed by atoms with Gasteiger partial charge in [-0.2, -0.15) is 0 Å². The number of ether oxygens (including phenoxy) is 4. The topological polar surface area (TPSA) is 117 Å². The van der Waals surface area contributed by atoms with Crippen LogP contribution in [0.4, 0.5) is 4.79 Å². The minimum atomic E-state index is -1.20. The quantitative estimate of drug-likeness (QED) is 0.356. The predicted octanol–water partition coefficient (Wildman–Crippen LogP) is 2.51. The average molecular weight is 437 g/mol. The highest BCUT2D eigenvalue weighted by Crippen LogP contribution is 2.21. The Morgan fingerprint density at radius 1 is 0.903 bits per heavy atom. The molecule has 0 fully saturated rings. The largest absolute Gasteiger partial charge is 0.467 e. The Bertz CT molecular complexity index is 749. The summed E-state index contributed by atoms with van der Waals surface area (Å²) in [6, 6.07) is 5.48. The first-order chi connectivity index (χ1) is 14.5. The molecule has 31 heavy (non-hydrogen) atoms. The summed E-state index contributed by atoms with van der Waals surface area (Å²) < 4.78 is 19.9. The van der Waals surface area contributed by atoms with E-state index in [0.29, 0.717) is 11.1 Å². The third-order valence-electron chi connectivity index (χ3n) is 3.97. The van der Waals surface area contributed by atoms with Crippen molar-refractivity contribution in [2.24, 2.45) is 0 Å². The van der Waals surface area contributed by atoms with Gasteiger partial charge in [-0.15, -0.1) is 0 Å². The highest BCUT2D eigenvalue weighted by Gasteiger charge is 2.31. The minimum Gasteiger partial charge on any atom is -0.467 e. The summed E-state index contributed by atoms with van der Waals surface area (Å²) in [4.78, 5) is 48.6. The maximum atomic E-state index is 12.2. The van der Waals surface area contributed by atoms with Crippen molar-refractivity contribution in [3.8, 4) is 0 Å². The molecule has 0 saturated heterocycles. The normalized spacial score (nSPS) is 12.0. The first-order valence-corrected chi connectivity index (χ1v) is 10.0. The molecule has 0 aliphatic rings. The van der Waals surface area contributed by atoms with Crippen LogP contribution in [0.25, 0.3) is 0 Å². The fourth-order valence-corrected chi connectivity index (χ4v) is 2.69. The first kappa shape index (κ1) is 25.9. The number of hydrogen-bond donors (Lipinski definition) is 1. The number of methoxy groups -OCH3 is 1. The first-order valence-electron chi connectivity index (χ1n) is 10.0. The number of carbonyl (C=O) groups excluding carboxylic acids is 4. The second kappa shape index (κ2) is 11.9. The Morgan fingerprint density at radius 3 is 1.84 bits per heavy atom. The van der Waals surface area contributed by atoms with Crippen molar-refractivity contribution in [1.82, 2.24) is 5.32 Å². The number of hydrogen-bond acceptors (Lipinski definition) is 8. The number of carbonyl (C=O) groups is 4. The van der Waals surface area contributed by atoms with E-state index in [1.807, 2.05) is 0 Å². The maximum absolute atomic E-state index is 12.2. The SMILES string of the molecule is CCOC(=O)C(C(=O)OCC)c1ccc(C[C@H](NC(=O)OC(C)(C)C)C(=O)OC)cc1. The highest BCUT2D eigenvalue weighted by molar-refractivity contribution is 6.00. The molecule has 0 heterocycles. The molecule has 0 spiro atoms. The van der Waals surface area contributed by atoms with Gasteiger partial charge in [0.1, 0.15) is 11.6 Å². The number of esters is 3. The standard InChI is InChI=1S/C22H31NO8/c1-7-29-19(25)17(20(26)30-8-2)15-11-9-14(10-12-15)13-16(18(24)28-6)23-21(27)31-22(3,4)5/h9-12,16-17H,7-8,13H2,1-6H3,(H,23,27)/t16-/m0/s1. The molecule has 1 atom stereocenters. The predicted molar refractivity (Wildman–Crippen MR) is 111 cm³/mol. The number of rotatable bonds is 9. The molecule has 0 aromatic heterocycles. The number of nitrogens with one attached hydrogen (secondary N) is 1. The summed E-state index contributed by atoms with van der Waals surface area (Å²) in [5.74, 6) is -3.24. The van der Waals surface area contributed by atoms with E-state index in [0.717, 1.165) is 0 Å². The maximum Gasteiger partial charge on any atom is 0.408 e. The van der Waals surface area contributed by atoms with E-state index in [1.54, 1.807) is 58.9 Å². The fourth-order valence-electron chi connectivity index (χ4n) is 2.69. The third kappa shape index (κ3) is 8.65. The number of benzene rings is 1. The minimum absolute atomic E-state index is 0.121. The Morgan fingerprint density at radius 2 is 1.42 bits per heavy atom. The third-order valence-corrected chi connectivity index (χ3v) is 3.97. The molecule has 9 nitrogen and oxygen atoms in total.